The lowest BCUT2D eigenvalue weighted by atomic mass is 9.61. The van der Waals surface area contributed by atoms with E-state index in [-0.39, 0.29) is 6.10 Å². The molecule has 0 aliphatic heterocycles. The van der Waals surface area contributed by atoms with E-state index >= 15 is 0 Å². The summed E-state index contributed by atoms with van der Waals surface area (Å²) < 4.78 is 0. The minimum Gasteiger partial charge on any atom is -0.393 e. The monoisotopic (exact) mass is 466 g/mol. The summed E-state index contributed by atoms with van der Waals surface area (Å²) in [5.74, 6) is 3.60. The first kappa shape index (κ1) is 26.4. The fourth-order valence-corrected chi connectivity index (χ4v) is 7.76. The Morgan fingerprint density at radius 2 is 1.88 bits per heavy atom. The van der Waals surface area contributed by atoms with Gasteiger partial charge in [0.05, 0.1) is 6.10 Å². The summed E-state index contributed by atoms with van der Waals surface area (Å²) in [4.78, 5) is 1.40. The zero-order valence-corrected chi connectivity index (χ0v) is 22.3. The van der Waals surface area contributed by atoms with Gasteiger partial charge in [0.25, 0.3) is 0 Å². The van der Waals surface area contributed by atoms with Crippen molar-refractivity contribution in [2.24, 2.45) is 23.2 Å². The first-order valence-corrected chi connectivity index (χ1v) is 14.4. The van der Waals surface area contributed by atoms with Crippen LogP contribution in [0.1, 0.15) is 85.5 Å². The molecule has 0 radical (unpaired) electrons. The van der Waals surface area contributed by atoms with E-state index in [0.717, 1.165) is 37.0 Å². The molecule has 4 rings (SSSR count). The molecule has 0 bridgehead atoms. The fourth-order valence-electron chi connectivity index (χ4n) is 6.69. The SMILES string of the molecule is C=C1CCC(O)C/C1=C/C=C1\CCCC2(C)C1CCC2C(C)CCSc1ccccc1.CC. The normalized spacial score (nSPS) is 32.9. The first-order valence-electron chi connectivity index (χ1n) is 13.4. The van der Waals surface area contributed by atoms with Gasteiger partial charge in [-0.05, 0) is 104 Å². The quantitative estimate of drug-likeness (QED) is 0.422. The molecule has 1 aromatic rings. The topological polar surface area (TPSA) is 20.2 Å². The third-order valence-corrected chi connectivity index (χ3v) is 9.54. The van der Waals surface area contributed by atoms with Gasteiger partial charge in [-0.25, -0.2) is 0 Å². The largest absolute Gasteiger partial charge is 0.393 e. The Bertz CT molecular complexity index is 823. The van der Waals surface area contributed by atoms with E-state index in [1.807, 2.05) is 25.6 Å². The maximum Gasteiger partial charge on any atom is 0.0583 e. The van der Waals surface area contributed by atoms with Crippen LogP contribution in [0.3, 0.4) is 0 Å². The molecule has 1 N–H and O–H groups in total. The minimum atomic E-state index is -0.183. The van der Waals surface area contributed by atoms with Crippen LogP contribution in [0.15, 0.2) is 70.7 Å². The van der Waals surface area contributed by atoms with Crippen molar-refractivity contribution in [1.29, 1.82) is 0 Å². The van der Waals surface area contributed by atoms with E-state index in [1.165, 1.54) is 60.3 Å². The van der Waals surface area contributed by atoms with Crippen LogP contribution in [0.4, 0.5) is 0 Å². The number of hydrogen-bond acceptors (Lipinski definition) is 2. The molecule has 0 amide bonds. The minimum absolute atomic E-state index is 0.183. The van der Waals surface area contributed by atoms with Crippen molar-refractivity contribution in [2.75, 3.05) is 5.75 Å². The van der Waals surface area contributed by atoms with E-state index in [2.05, 4.69) is 62.9 Å². The van der Waals surface area contributed by atoms with Gasteiger partial charge < -0.3 is 5.11 Å². The van der Waals surface area contributed by atoms with E-state index in [1.54, 1.807) is 5.57 Å². The Morgan fingerprint density at radius 1 is 1.12 bits per heavy atom. The summed E-state index contributed by atoms with van der Waals surface area (Å²) in [6, 6.07) is 10.8. The molecule has 3 fully saturated rings. The predicted octanol–water partition coefficient (Wildman–Crippen LogP) is 9.00. The lowest BCUT2D eigenvalue weighted by Gasteiger charge is -2.44. The van der Waals surface area contributed by atoms with Crippen molar-refractivity contribution in [3.63, 3.8) is 0 Å². The van der Waals surface area contributed by atoms with E-state index < -0.39 is 0 Å². The molecule has 3 aliphatic rings. The van der Waals surface area contributed by atoms with Gasteiger partial charge in [-0.15, -0.1) is 11.8 Å². The van der Waals surface area contributed by atoms with Crippen LogP contribution in [-0.4, -0.2) is 17.0 Å². The molecule has 3 saturated carbocycles. The van der Waals surface area contributed by atoms with Gasteiger partial charge in [0.15, 0.2) is 0 Å². The van der Waals surface area contributed by atoms with Crippen LogP contribution in [0.25, 0.3) is 0 Å². The van der Waals surface area contributed by atoms with Gasteiger partial charge in [0.1, 0.15) is 0 Å². The molecule has 0 saturated heterocycles. The van der Waals surface area contributed by atoms with Crippen molar-refractivity contribution in [3.05, 3.63) is 65.8 Å². The van der Waals surface area contributed by atoms with Crippen LogP contribution in [-0.2, 0) is 0 Å². The highest BCUT2D eigenvalue weighted by molar-refractivity contribution is 7.99. The molecule has 33 heavy (non-hydrogen) atoms. The van der Waals surface area contributed by atoms with E-state index in [9.17, 15) is 5.11 Å². The van der Waals surface area contributed by atoms with Gasteiger partial charge in [0, 0.05) is 4.90 Å². The summed E-state index contributed by atoms with van der Waals surface area (Å²) >= 11 is 2.01. The summed E-state index contributed by atoms with van der Waals surface area (Å²) in [6.07, 6.45) is 15.2. The highest BCUT2D eigenvalue weighted by Crippen LogP contribution is 2.59. The molecular weight excluding hydrogens is 420 g/mol. The summed E-state index contributed by atoms with van der Waals surface area (Å²) in [5.41, 5.74) is 4.64. The number of thioether (sulfide) groups is 1. The molecule has 0 spiro atoms. The molecule has 0 aromatic heterocycles. The number of fused-ring (bicyclic) bond motifs is 1. The Balaban J connectivity index is 0.00000149. The van der Waals surface area contributed by atoms with Crippen LogP contribution in [0, 0.1) is 23.2 Å². The van der Waals surface area contributed by atoms with Crippen LogP contribution in [0.5, 0.6) is 0 Å². The molecule has 5 unspecified atom stereocenters. The van der Waals surface area contributed by atoms with Gasteiger partial charge in [-0.2, -0.15) is 0 Å². The lowest BCUT2D eigenvalue weighted by molar-refractivity contribution is 0.0965. The van der Waals surface area contributed by atoms with Crippen LogP contribution < -0.4 is 0 Å². The summed E-state index contributed by atoms with van der Waals surface area (Å²) in [7, 11) is 0. The lowest BCUT2D eigenvalue weighted by Crippen LogP contribution is -2.36. The number of hydrogen-bond donors (Lipinski definition) is 1. The van der Waals surface area contributed by atoms with Gasteiger partial charge in [-0.3, -0.25) is 0 Å². The average molecular weight is 467 g/mol. The highest BCUT2D eigenvalue weighted by atomic mass is 32.2. The Morgan fingerprint density at radius 3 is 2.64 bits per heavy atom. The Labute approximate surface area is 207 Å². The maximum absolute atomic E-state index is 10.1. The molecule has 1 nitrogen and oxygen atoms in total. The number of rotatable bonds is 6. The molecule has 1 aromatic carbocycles. The average Bonchev–Trinajstić information content (AvgIpc) is 3.19. The second-order valence-electron chi connectivity index (χ2n) is 10.5. The number of allylic oxidation sites excluding steroid dienone is 4. The van der Waals surface area contributed by atoms with Gasteiger partial charge in [-0.1, -0.05) is 75.8 Å². The van der Waals surface area contributed by atoms with Crippen molar-refractivity contribution in [3.8, 4) is 0 Å². The fraction of sp³-hybridized carbons (Fsp3) is 0.613. The van der Waals surface area contributed by atoms with Gasteiger partial charge >= 0.3 is 0 Å². The second-order valence-corrected chi connectivity index (χ2v) is 11.6. The van der Waals surface area contributed by atoms with Crippen molar-refractivity contribution >= 4 is 11.8 Å². The number of aliphatic hydroxyl groups excluding tert-OH is 1. The van der Waals surface area contributed by atoms with Crippen molar-refractivity contribution in [1.82, 2.24) is 0 Å². The highest BCUT2D eigenvalue weighted by Gasteiger charge is 2.50. The predicted molar refractivity (Wildman–Crippen MR) is 146 cm³/mol. The Kier molecular flexibility index (Phi) is 9.95. The van der Waals surface area contributed by atoms with Crippen molar-refractivity contribution in [2.45, 2.75) is 96.5 Å². The van der Waals surface area contributed by atoms with Crippen LogP contribution in [0.2, 0.25) is 0 Å². The number of aliphatic hydroxyl groups is 1. The molecular formula is C31H46OS. The molecule has 0 heterocycles. The van der Waals surface area contributed by atoms with Crippen molar-refractivity contribution < 1.29 is 5.11 Å². The molecule has 182 valence electrons. The van der Waals surface area contributed by atoms with Crippen LogP contribution >= 0.6 is 11.8 Å². The van der Waals surface area contributed by atoms with E-state index in [0.29, 0.717) is 5.41 Å². The second kappa shape index (κ2) is 12.5. The third kappa shape index (κ3) is 6.45. The summed E-state index contributed by atoms with van der Waals surface area (Å²) in [6.45, 7) is 13.4. The molecule has 5 atom stereocenters. The summed E-state index contributed by atoms with van der Waals surface area (Å²) in [5, 5.41) is 10.1. The zero-order valence-electron chi connectivity index (χ0n) is 21.5. The molecule has 2 heteroatoms. The Hall–Kier alpha value is -1.25. The standard InChI is InChI=1S/C29H40OS.C2H6/c1-21-11-14-25(30)20-24(21)13-12-23-8-7-18-29(3)27(15-16-28(23)29)22(2)17-19-31-26-9-5-4-6-10-26;1-2/h4-6,9-10,12-13,22,25,27-28,30H,1,7-8,11,14-20H2,2-3H3;1-2H3/b23-12+,24-13-;. The van der Waals surface area contributed by atoms with Gasteiger partial charge in [0.2, 0.25) is 0 Å². The molecule has 3 aliphatic carbocycles. The smallest absolute Gasteiger partial charge is 0.0583 e. The zero-order chi connectivity index (χ0) is 23.8. The maximum atomic E-state index is 10.1. The first-order chi connectivity index (χ1) is 16.0. The number of benzene rings is 1. The van der Waals surface area contributed by atoms with E-state index in [4.69, 9.17) is 0 Å². The third-order valence-electron chi connectivity index (χ3n) is 8.50.